The number of hydrogen-bond donors (Lipinski definition) is 3. The Morgan fingerprint density at radius 1 is 1.21 bits per heavy atom. The topological polar surface area (TPSA) is 74.2 Å². The first kappa shape index (κ1) is 22.7. The third kappa shape index (κ3) is 9.08. The number of aliphatic imine (C=N–C) groups is 1. The number of halogens is 4. The lowest BCUT2D eigenvalue weighted by Crippen LogP contribution is -2.39. The van der Waals surface area contributed by atoms with E-state index in [4.69, 9.17) is 0 Å². The van der Waals surface area contributed by atoms with Crippen LogP contribution in [0.4, 0.5) is 19.1 Å². The Kier molecular flexibility index (Phi) is 11.4. The molecule has 0 bridgehead atoms. The van der Waals surface area contributed by atoms with Gasteiger partial charge in [0.15, 0.2) is 5.96 Å². The summed E-state index contributed by atoms with van der Waals surface area (Å²) in [4.78, 5) is 11.6. The van der Waals surface area contributed by atoms with E-state index < -0.39 is 11.9 Å². The van der Waals surface area contributed by atoms with Crippen LogP contribution in [0.5, 0.6) is 0 Å². The summed E-state index contributed by atoms with van der Waals surface area (Å²) in [6.45, 7) is 6.38. The minimum Gasteiger partial charge on any atom is -0.357 e. The standard InChI is InChI=1S/C14H23F3N6.HI/c1-3-5-7-19-12(18-4-2)21-9-10-22-13-20-8-6-11(23-13)14(15,16)17;/h6,8H,3-5,7,9-10H2,1-2H3,(H2,18,19,21)(H,20,22,23);1H. The van der Waals surface area contributed by atoms with Crippen molar-refractivity contribution in [2.75, 3.05) is 31.5 Å². The maximum atomic E-state index is 12.5. The second-order valence-electron chi connectivity index (χ2n) is 4.73. The zero-order chi connectivity index (χ0) is 17.1. The fraction of sp³-hybridized carbons (Fsp3) is 0.643. The lowest BCUT2D eigenvalue weighted by atomic mass is 10.3. The molecule has 0 saturated heterocycles. The number of nitrogens with zero attached hydrogens (tertiary/aromatic N) is 3. The summed E-state index contributed by atoms with van der Waals surface area (Å²) in [6.07, 6.45) is -1.31. The minimum absolute atomic E-state index is 0. The summed E-state index contributed by atoms with van der Waals surface area (Å²) in [5.41, 5.74) is -0.961. The van der Waals surface area contributed by atoms with E-state index in [1.165, 1.54) is 0 Å². The fourth-order valence-corrected chi connectivity index (χ4v) is 1.65. The van der Waals surface area contributed by atoms with Crippen molar-refractivity contribution in [1.29, 1.82) is 0 Å². The summed E-state index contributed by atoms with van der Waals surface area (Å²) in [6, 6.07) is 0.840. The smallest absolute Gasteiger partial charge is 0.357 e. The molecule has 24 heavy (non-hydrogen) atoms. The summed E-state index contributed by atoms with van der Waals surface area (Å²) >= 11 is 0. The van der Waals surface area contributed by atoms with Gasteiger partial charge in [-0.3, -0.25) is 4.99 Å². The molecule has 0 aromatic carbocycles. The first-order valence-corrected chi connectivity index (χ1v) is 7.63. The van der Waals surface area contributed by atoms with Crippen LogP contribution in [0.15, 0.2) is 17.3 Å². The van der Waals surface area contributed by atoms with Gasteiger partial charge in [-0.05, 0) is 19.4 Å². The molecule has 0 aliphatic carbocycles. The van der Waals surface area contributed by atoms with Crippen molar-refractivity contribution in [3.8, 4) is 0 Å². The molecule has 1 heterocycles. The van der Waals surface area contributed by atoms with E-state index in [-0.39, 0.29) is 29.9 Å². The van der Waals surface area contributed by atoms with E-state index in [0.717, 1.165) is 38.2 Å². The highest BCUT2D eigenvalue weighted by atomic mass is 127. The van der Waals surface area contributed by atoms with Crippen LogP contribution in [0.1, 0.15) is 32.4 Å². The van der Waals surface area contributed by atoms with E-state index in [2.05, 4.69) is 37.8 Å². The predicted molar refractivity (Wildman–Crippen MR) is 99.8 cm³/mol. The van der Waals surface area contributed by atoms with Crippen LogP contribution in [0.25, 0.3) is 0 Å². The van der Waals surface area contributed by atoms with Gasteiger partial charge in [-0.25, -0.2) is 9.97 Å². The SMILES string of the molecule is CCCCN=C(NCC)NCCNc1nccc(C(F)(F)F)n1.I. The highest BCUT2D eigenvalue weighted by molar-refractivity contribution is 14.0. The van der Waals surface area contributed by atoms with Gasteiger partial charge in [0.25, 0.3) is 0 Å². The van der Waals surface area contributed by atoms with E-state index in [0.29, 0.717) is 19.0 Å². The van der Waals surface area contributed by atoms with Crippen LogP contribution in [0, 0.1) is 0 Å². The summed E-state index contributed by atoms with van der Waals surface area (Å²) in [7, 11) is 0. The number of anilines is 1. The second-order valence-corrected chi connectivity index (χ2v) is 4.73. The first-order valence-electron chi connectivity index (χ1n) is 7.63. The van der Waals surface area contributed by atoms with Gasteiger partial charge in [0.05, 0.1) is 0 Å². The Morgan fingerprint density at radius 2 is 1.96 bits per heavy atom. The third-order valence-electron chi connectivity index (χ3n) is 2.77. The Hall–Kier alpha value is -1.33. The molecule has 3 N–H and O–H groups in total. The number of alkyl halides is 3. The number of guanidine groups is 1. The monoisotopic (exact) mass is 460 g/mol. The molecule has 1 rings (SSSR count). The van der Waals surface area contributed by atoms with Gasteiger partial charge in [0.2, 0.25) is 5.95 Å². The zero-order valence-electron chi connectivity index (χ0n) is 13.8. The molecule has 0 radical (unpaired) electrons. The van der Waals surface area contributed by atoms with Gasteiger partial charge in [-0.2, -0.15) is 13.2 Å². The largest absolute Gasteiger partial charge is 0.433 e. The Bertz CT molecular complexity index is 496. The zero-order valence-corrected chi connectivity index (χ0v) is 16.1. The molecule has 0 saturated carbocycles. The van der Waals surface area contributed by atoms with Crippen molar-refractivity contribution < 1.29 is 13.2 Å². The van der Waals surface area contributed by atoms with Crippen molar-refractivity contribution in [1.82, 2.24) is 20.6 Å². The second kappa shape index (κ2) is 12.1. The average molecular weight is 460 g/mol. The third-order valence-corrected chi connectivity index (χ3v) is 2.77. The Labute approximate surface area is 157 Å². The lowest BCUT2D eigenvalue weighted by molar-refractivity contribution is -0.141. The van der Waals surface area contributed by atoms with Gasteiger partial charge >= 0.3 is 6.18 Å². The van der Waals surface area contributed by atoms with Crippen LogP contribution in [-0.4, -0.2) is 42.1 Å². The summed E-state index contributed by atoms with van der Waals surface area (Å²) in [5.74, 6) is 0.641. The number of hydrogen-bond acceptors (Lipinski definition) is 4. The van der Waals surface area contributed by atoms with Crippen molar-refractivity contribution in [3.05, 3.63) is 18.0 Å². The molecule has 0 unspecified atom stereocenters. The van der Waals surface area contributed by atoms with E-state index in [1.807, 2.05) is 6.92 Å². The van der Waals surface area contributed by atoms with Crippen molar-refractivity contribution in [2.24, 2.45) is 4.99 Å². The number of nitrogens with one attached hydrogen (secondary N) is 3. The summed E-state index contributed by atoms with van der Waals surface area (Å²) in [5, 5.41) is 8.95. The normalized spacial score (nSPS) is 11.6. The van der Waals surface area contributed by atoms with E-state index in [9.17, 15) is 13.2 Å². The van der Waals surface area contributed by atoms with Crippen molar-refractivity contribution in [3.63, 3.8) is 0 Å². The molecule has 0 atom stereocenters. The summed E-state index contributed by atoms with van der Waals surface area (Å²) < 4.78 is 37.6. The van der Waals surface area contributed by atoms with E-state index >= 15 is 0 Å². The number of aromatic nitrogens is 2. The van der Waals surface area contributed by atoms with Gasteiger partial charge in [0, 0.05) is 32.4 Å². The first-order chi connectivity index (χ1) is 11.0. The van der Waals surface area contributed by atoms with Gasteiger partial charge in [0.1, 0.15) is 5.69 Å². The molecule has 0 fully saturated rings. The number of rotatable bonds is 8. The Morgan fingerprint density at radius 3 is 2.58 bits per heavy atom. The molecule has 0 amide bonds. The van der Waals surface area contributed by atoms with Gasteiger partial charge < -0.3 is 16.0 Å². The van der Waals surface area contributed by atoms with Crippen LogP contribution in [0.3, 0.4) is 0 Å². The van der Waals surface area contributed by atoms with Gasteiger partial charge in [-0.1, -0.05) is 13.3 Å². The van der Waals surface area contributed by atoms with Crippen LogP contribution < -0.4 is 16.0 Å². The van der Waals surface area contributed by atoms with Gasteiger partial charge in [-0.15, -0.1) is 24.0 Å². The van der Waals surface area contributed by atoms with E-state index in [1.54, 1.807) is 0 Å². The average Bonchev–Trinajstić information content (AvgIpc) is 2.51. The molecule has 0 aliphatic heterocycles. The fourth-order valence-electron chi connectivity index (χ4n) is 1.65. The molecular weight excluding hydrogens is 436 g/mol. The predicted octanol–water partition coefficient (Wildman–Crippen LogP) is 2.88. The minimum atomic E-state index is -4.47. The maximum absolute atomic E-state index is 12.5. The van der Waals surface area contributed by atoms with Crippen LogP contribution in [0.2, 0.25) is 0 Å². The highest BCUT2D eigenvalue weighted by Gasteiger charge is 2.32. The lowest BCUT2D eigenvalue weighted by Gasteiger charge is -2.12. The van der Waals surface area contributed by atoms with Crippen molar-refractivity contribution in [2.45, 2.75) is 32.9 Å². The molecule has 1 aromatic heterocycles. The maximum Gasteiger partial charge on any atom is 0.433 e. The molecular formula is C14H24F3IN6. The van der Waals surface area contributed by atoms with Crippen LogP contribution in [-0.2, 0) is 6.18 Å². The highest BCUT2D eigenvalue weighted by Crippen LogP contribution is 2.27. The number of unbranched alkanes of at least 4 members (excludes halogenated alkanes) is 1. The molecule has 0 aliphatic rings. The Balaban J connectivity index is 0.00000529. The molecule has 10 heteroatoms. The van der Waals surface area contributed by atoms with Crippen molar-refractivity contribution >= 4 is 35.9 Å². The quantitative estimate of drug-likeness (QED) is 0.241. The molecule has 138 valence electrons. The van der Waals surface area contributed by atoms with Crippen LogP contribution >= 0.6 is 24.0 Å². The molecule has 0 spiro atoms. The molecule has 1 aromatic rings. The molecule has 6 nitrogen and oxygen atoms in total.